The summed E-state index contributed by atoms with van der Waals surface area (Å²) in [6, 6.07) is 9.40. The number of hydrogen-bond donors (Lipinski definition) is 4. The highest BCUT2D eigenvalue weighted by Gasteiger charge is 2.46. The number of fused-ring (bicyclic) bond motifs is 3. The van der Waals surface area contributed by atoms with Crippen LogP contribution in [-0.2, 0) is 16.1 Å². The molecule has 1 saturated carbocycles. The van der Waals surface area contributed by atoms with Crippen molar-refractivity contribution >= 4 is 17.6 Å². The van der Waals surface area contributed by atoms with Gasteiger partial charge < -0.3 is 30.5 Å². The molecule has 4 N–H and O–H groups in total. The Labute approximate surface area is 211 Å². The Morgan fingerprint density at radius 3 is 2.78 bits per heavy atom. The van der Waals surface area contributed by atoms with Gasteiger partial charge in [0.1, 0.15) is 18.0 Å². The maximum Gasteiger partial charge on any atom is 0.319 e. The molecule has 3 amide bonds. The molecule has 3 aliphatic rings. The molecule has 1 aromatic heterocycles. The molecule has 2 aromatic rings. The number of ether oxygens (including phenoxy) is 2. The van der Waals surface area contributed by atoms with Crippen molar-refractivity contribution in [3.8, 4) is 5.75 Å². The first-order chi connectivity index (χ1) is 17.6. The number of benzene rings is 1. The molecule has 2 aliphatic heterocycles. The zero-order valence-corrected chi connectivity index (χ0v) is 20.3. The van der Waals surface area contributed by atoms with Gasteiger partial charge in [-0.1, -0.05) is 25.3 Å². The van der Waals surface area contributed by atoms with E-state index in [-0.39, 0.29) is 49.1 Å². The van der Waals surface area contributed by atoms with E-state index in [1.54, 1.807) is 12.4 Å². The third-order valence-electron chi connectivity index (χ3n) is 7.32. The van der Waals surface area contributed by atoms with Crippen LogP contribution in [0.1, 0.15) is 62.0 Å². The molecule has 0 spiro atoms. The van der Waals surface area contributed by atoms with Gasteiger partial charge in [0.2, 0.25) is 5.91 Å². The summed E-state index contributed by atoms with van der Waals surface area (Å²) in [5.74, 6) is 0.574. The molecular weight excluding hydrogens is 460 g/mol. The highest BCUT2D eigenvalue weighted by atomic mass is 16.6. The molecule has 36 heavy (non-hydrogen) atoms. The van der Waals surface area contributed by atoms with E-state index in [2.05, 4.69) is 20.9 Å². The number of hydrogen-bond acceptors (Lipinski definition) is 6. The van der Waals surface area contributed by atoms with Gasteiger partial charge in [0.05, 0.1) is 19.1 Å². The van der Waals surface area contributed by atoms with E-state index in [0.717, 1.165) is 42.6 Å². The van der Waals surface area contributed by atoms with Crippen molar-refractivity contribution in [2.45, 2.75) is 81.8 Å². The number of urea groups is 1. The standard InChI is InChI=1S/C27H34N4O5/c32-16-24-26-22(12-20(35-24)13-25(33)29-15-17-5-4-10-28-14-17)21-11-19(8-9-23(21)36-26)31-27(34)30-18-6-2-1-3-7-18/h4-5,8-11,14,18,20,22,24,26,32H,1-3,6-7,12-13,15-16H2,(H,29,33)(H2,30,31,34)/t20-,22-,24+,26+/m1/s1. The van der Waals surface area contributed by atoms with Crippen LogP contribution in [0.25, 0.3) is 0 Å². The minimum Gasteiger partial charge on any atom is -0.487 e. The highest BCUT2D eigenvalue weighted by Crippen LogP contribution is 2.47. The molecule has 0 bridgehead atoms. The van der Waals surface area contributed by atoms with Crippen molar-refractivity contribution in [1.82, 2.24) is 15.6 Å². The molecule has 4 atom stereocenters. The molecule has 9 nitrogen and oxygen atoms in total. The van der Waals surface area contributed by atoms with E-state index in [1.807, 2.05) is 30.3 Å². The molecule has 1 aliphatic carbocycles. The van der Waals surface area contributed by atoms with Gasteiger partial charge in [0, 0.05) is 42.1 Å². The number of carbonyl (C=O) groups is 2. The predicted molar refractivity (Wildman–Crippen MR) is 134 cm³/mol. The Bertz CT molecular complexity index is 1060. The van der Waals surface area contributed by atoms with Crippen LogP contribution >= 0.6 is 0 Å². The van der Waals surface area contributed by atoms with Crippen LogP contribution in [0.15, 0.2) is 42.7 Å². The minimum absolute atomic E-state index is 0.0369. The second-order valence-corrected chi connectivity index (χ2v) is 9.93. The van der Waals surface area contributed by atoms with E-state index in [4.69, 9.17) is 9.47 Å². The smallest absolute Gasteiger partial charge is 0.319 e. The summed E-state index contributed by atoms with van der Waals surface area (Å²) in [7, 11) is 0. The van der Waals surface area contributed by atoms with Gasteiger partial charge in [0.15, 0.2) is 0 Å². The summed E-state index contributed by atoms with van der Waals surface area (Å²) >= 11 is 0. The van der Waals surface area contributed by atoms with Gasteiger partial charge in [0.25, 0.3) is 0 Å². The summed E-state index contributed by atoms with van der Waals surface area (Å²) < 4.78 is 12.2. The SMILES string of the molecule is O=C(C[C@H]1C[C@@H]2c3cc(NC(=O)NC4CCCCC4)ccc3O[C@@H]2[C@H](CO)O1)NCc1cccnc1. The van der Waals surface area contributed by atoms with E-state index in [1.165, 1.54) is 6.42 Å². The molecule has 1 aromatic carbocycles. The van der Waals surface area contributed by atoms with Crippen LogP contribution < -0.4 is 20.7 Å². The van der Waals surface area contributed by atoms with Gasteiger partial charge in [-0.2, -0.15) is 0 Å². The topological polar surface area (TPSA) is 122 Å². The normalized spacial score (nSPS) is 25.2. The summed E-state index contributed by atoms with van der Waals surface area (Å²) in [4.78, 5) is 29.2. The second kappa shape index (κ2) is 11.3. The van der Waals surface area contributed by atoms with E-state index in [9.17, 15) is 14.7 Å². The van der Waals surface area contributed by atoms with Crippen LogP contribution in [0.5, 0.6) is 5.75 Å². The fraction of sp³-hybridized carbons (Fsp3) is 0.519. The van der Waals surface area contributed by atoms with Crippen LogP contribution in [0.4, 0.5) is 10.5 Å². The number of aliphatic hydroxyl groups is 1. The molecular formula is C27H34N4O5. The predicted octanol–water partition coefficient (Wildman–Crippen LogP) is 3.24. The lowest BCUT2D eigenvalue weighted by atomic mass is 9.84. The molecule has 5 rings (SSSR count). The first-order valence-electron chi connectivity index (χ1n) is 12.9. The maximum atomic E-state index is 12.6. The van der Waals surface area contributed by atoms with Crippen LogP contribution in [0.2, 0.25) is 0 Å². The molecule has 3 heterocycles. The fourth-order valence-corrected chi connectivity index (χ4v) is 5.55. The summed E-state index contributed by atoms with van der Waals surface area (Å²) in [6.07, 6.45) is 8.58. The van der Waals surface area contributed by atoms with Crippen LogP contribution in [-0.4, -0.2) is 53.0 Å². The Balaban J connectivity index is 1.21. The first kappa shape index (κ1) is 24.5. The lowest BCUT2D eigenvalue weighted by Gasteiger charge is -2.37. The van der Waals surface area contributed by atoms with Crippen molar-refractivity contribution in [1.29, 1.82) is 0 Å². The number of rotatable bonds is 7. The lowest BCUT2D eigenvalue weighted by Crippen LogP contribution is -2.47. The Morgan fingerprint density at radius 1 is 1.14 bits per heavy atom. The summed E-state index contributed by atoms with van der Waals surface area (Å²) in [5, 5.41) is 18.9. The van der Waals surface area contributed by atoms with Gasteiger partial charge >= 0.3 is 6.03 Å². The Hall–Kier alpha value is -3.17. The second-order valence-electron chi connectivity index (χ2n) is 9.93. The Morgan fingerprint density at radius 2 is 2.00 bits per heavy atom. The number of pyridine rings is 1. The molecule has 1 saturated heterocycles. The van der Waals surface area contributed by atoms with E-state index in [0.29, 0.717) is 18.7 Å². The van der Waals surface area contributed by atoms with Crippen molar-refractivity contribution in [2.24, 2.45) is 0 Å². The maximum absolute atomic E-state index is 12.6. The molecule has 0 unspecified atom stereocenters. The van der Waals surface area contributed by atoms with E-state index >= 15 is 0 Å². The minimum atomic E-state index is -0.529. The zero-order chi connectivity index (χ0) is 24.9. The average Bonchev–Trinajstić information content (AvgIpc) is 3.26. The highest BCUT2D eigenvalue weighted by molar-refractivity contribution is 5.89. The average molecular weight is 495 g/mol. The number of aromatic nitrogens is 1. The van der Waals surface area contributed by atoms with Crippen molar-refractivity contribution in [3.63, 3.8) is 0 Å². The molecule has 192 valence electrons. The number of anilines is 1. The molecule has 2 fully saturated rings. The quantitative estimate of drug-likeness (QED) is 0.469. The first-order valence-corrected chi connectivity index (χ1v) is 12.9. The molecule has 9 heteroatoms. The monoisotopic (exact) mass is 494 g/mol. The fourth-order valence-electron chi connectivity index (χ4n) is 5.55. The summed E-state index contributed by atoms with van der Waals surface area (Å²) in [5.41, 5.74) is 2.59. The third-order valence-corrected chi connectivity index (χ3v) is 7.32. The molecule has 0 radical (unpaired) electrons. The van der Waals surface area contributed by atoms with Gasteiger partial charge in [-0.15, -0.1) is 0 Å². The number of nitrogens with zero attached hydrogens (tertiary/aromatic N) is 1. The third kappa shape index (κ3) is 5.79. The van der Waals surface area contributed by atoms with Crippen molar-refractivity contribution in [2.75, 3.05) is 11.9 Å². The van der Waals surface area contributed by atoms with Crippen molar-refractivity contribution in [3.05, 3.63) is 53.9 Å². The zero-order valence-electron chi connectivity index (χ0n) is 20.3. The van der Waals surface area contributed by atoms with E-state index < -0.39 is 6.10 Å². The van der Waals surface area contributed by atoms with Crippen LogP contribution in [0, 0.1) is 0 Å². The number of carbonyl (C=O) groups excluding carboxylic acids is 2. The number of amides is 3. The number of aliphatic hydroxyl groups excluding tert-OH is 1. The lowest BCUT2D eigenvalue weighted by molar-refractivity contribution is -0.142. The van der Waals surface area contributed by atoms with Gasteiger partial charge in [-0.25, -0.2) is 4.79 Å². The number of nitrogens with one attached hydrogen (secondary N) is 3. The van der Waals surface area contributed by atoms with Crippen molar-refractivity contribution < 1.29 is 24.2 Å². The van der Waals surface area contributed by atoms with Crippen LogP contribution in [0.3, 0.4) is 0 Å². The van der Waals surface area contributed by atoms with Gasteiger partial charge in [-0.05, 0) is 49.1 Å². The Kier molecular flexibility index (Phi) is 7.67. The summed E-state index contributed by atoms with van der Waals surface area (Å²) in [6.45, 7) is 0.205. The van der Waals surface area contributed by atoms with Gasteiger partial charge in [-0.3, -0.25) is 9.78 Å². The largest absolute Gasteiger partial charge is 0.487 e.